The number of carbonyl (C=O) groups is 2. The minimum absolute atomic E-state index is 0.0150. The zero-order chi connectivity index (χ0) is 31.9. The zero-order valence-corrected chi connectivity index (χ0v) is 26.5. The van der Waals surface area contributed by atoms with Crippen molar-refractivity contribution in [3.63, 3.8) is 0 Å². The molecule has 238 valence electrons. The summed E-state index contributed by atoms with van der Waals surface area (Å²) in [6.45, 7) is 1.89. The van der Waals surface area contributed by atoms with Gasteiger partial charge in [0.15, 0.2) is 11.5 Å². The van der Waals surface area contributed by atoms with Crippen molar-refractivity contribution in [3.8, 4) is 23.0 Å². The Morgan fingerprint density at radius 1 is 0.911 bits per heavy atom. The van der Waals surface area contributed by atoms with Crippen molar-refractivity contribution in [3.05, 3.63) is 71.8 Å². The molecule has 11 nitrogen and oxygen atoms in total. The Hall–Kier alpha value is -4.80. The van der Waals surface area contributed by atoms with Crippen molar-refractivity contribution in [2.45, 2.75) is 63.7 Å². The first kappa shape index (κ1) is 31.6. The fraction of sp³-hybridized carbons (Fsp3) is 0.412. The van der Waals surface area contributed by atoms with Gasteiger partial charge in [-0.2, -0.15) is 0 Å². The number of nitrogens with zero attached hydrogens (tertiary/aromatic N) is 4. The molecule has 0 bridgehead atoms. The van der Waals surface area contributed by atoms with Gasteiger partial charge in [0.2, 0.25) is 17.6 Å². The third kappa shape index (κ3) is 6.82. The van der Waals surface area contributed by atoms with Gasteiger partial charge < -0.3 is 29.2 Å². The van der Waals surface area contributed by atoms with Crippen LogP contribution in [-0.4, -0.2) is 66.2 Å². The second kappa shape index (κ2) is 14.3. The van der Waals surface area contributed by atoms with Crippen molar-refractivity contribution in [2.24, 2.45) is 0 Å². The zero-order valence-electron chi connectivity index (χ0n) is 26.5. The largest absolute Gasteiger partial charge is 0.497 e. The Labute approximate surface area is 263 Å². The molecule has 1 fully saturated rings. The maximum Gasteiger partial charge on any atom is 0.248 e. The third-order valence-corrected chi connectivity index (χ3v) is 8.39. The highest BCUT2D eigenvalue weighted by Crippen LogP contribution is 2.41. The van der Waals surface area contributed by atoms with Crippen LogP contribution >= 0.6 is 0 Å². The summed E-state index contributed by atoms with van der Waals surface area (Å²) in [5.41, 5.74) is 2.70. The summed E-state index contributed by atoms with van der Waals surface area (Å²) in [6.07, 6.45) is 5.01. The average Bonchev–Trinajstić information content (AvgIpc) is 3.51. The lowest BCUT2D eigenvalue weighted by atomic mass is 9.94. The van der Waals surface area contributed by atoms with Crippen molar-refractivity contribution >= 4 is 22.8 Å². The van der Waals surface area contributed by atoms with Crippen molar-refractivity contribution < 1.29 is 28.5 Å². The molecule has 4 aromatic rings. The van der Waals surface area contributed by atoms with E-state index in [1.807, 2.05) is 48.5 Å². The van der Waals surface area contributed by atoms with Gasteiger partial charge >= 0.3 is 0 Å². The van der Waals surface area contributed by atoms with Crippen LogP contribution in [0.1, 0.15) is 62.2 Å². The summed E-state index contributed by atoms with van der Waals surface area (Å²) in [5.74, 6) is 1.20. The van der Waals surface area contributed by atoms with Crippen LogP contribution < -0.4 is 24.3 Å². The number of hydrogen-bond acceptors (Lipinski definition) is 8. The molecule has 1 saturated carbocycles. The normalized spacial score (nSPS) is 14.8. The van der Waals surface area contributed by atoms with Gasteiger partial charge in [-0.1, -0.05) is 48.7 Å². The van der Waals surface area contributed by atoms with Crippen LogP contribution in [0.3, 0.4) is 0 Å². The number of methoxy groups -OCH3 is 4. The third-order valence-electron chi connectivity index (χ3n) is 8.39. The van der Waals surface area contributed by atoms with Crippen LogP contribution in [0.5, 0.6) is 23.0 Å². The monoisotopic (exact) mass is 615 g/mol. The Kier molecular flexibility index (Phi) is 10.1. The molecule has 45 heavy (non-hydrogen) atoms. The van der Waals surface area contributed by atoms with Gasteiger partial charge in [0.1, 0.15) is 23.3 Å². The number of nitrogens with one attached hydrogen (secondary N) is 1. The van der Waals surface area contributed by atoms with E-state index in [1.165, 1.54) is 21.3 Å². The minimum Gasteiger partial charge on any atom is -0.497 e. The first-order valence-electron chi connectivity index (χ1n) is 15.2. The van der Waals surface area contributed by atoms with Crippen LogP contribution in [0.25, 0.3) is 11.0 Å². The summed E-state index contributed by atoms with van der Waals surface area (Å²) in [4.78, 5) is 30.8. The van der Waals surface area contributed by atoms with Crippen molar-refractivity contribution in [1.29, 1.82) is 0 Å². The number of aromatic nitrogens is 3. The molecule has 0 spiro atoms. The molecule has 0 unspecified atom stereocenters. The van der Waals surface area contributed by atoms with Gasteiger partial charge in [-0.25, -0.2) is 4.68 Å². The molecule has 1 aliphatic carbocycles. The molecule has 2 atom stereocenters. The number of para-hydroxylation sites is 1. The molecule has 1 heterocycles. The number of fused-ring (bicyclic) bond motifs is 1. The van der Waals surface area contributed by atoms with Crippen molar-refractivity contribution in [2.75, 3.05) is 28.4 Å². The predicted octanol–water partition coefficient (Wildman–Crippen LogP) is 5.25. The SMILES string of the molecule is COc1cccc(CN(C(=O)[C@@H](C)n2nnc3ccccc32)[C@H](C(=O)NC2CCCCC2)c2cc(OC)c(OC)c(OC)c2)c1. The highest BCUT2D eigenvalue weighted by molar-refractivity contribution is 5.91. The van der Waals surface area contributed by atoms with Crippen LogP contribution in [0, 0.1) is 0 Å². The fourth-order valence-corrected chi connectivity index (χ4v) is 6.04. The molecule has 3 aromatic carbocycles. The molecule has 1 aromatic heterocycles. The van der Waals surface area contributed by atoms with E-state index in [0.29, 0.717) is 34.1 Å². The molecular formula is C34H41N5O6. The van der Waals surface area contributed by atoms with E-state index in [9.17, 15) is 9.59 Å². The van der Waals surface area contributed by atoms with Gasteiger partial charge in [-0.15, -0.1) is 5.10 Å². The molecule has 5 rings (SSSR count). The number of benzene rings is 3. The number of ether oxygens (including phenoxy) is 4. The predicted molar refractivity (Wildman–Crippen MR) is 170 cm³/mol. The minimum atomic E-state index is -1.04. The number of hydrogen-bond donors (Lipinski definition) is 1. The Bertz CT molecular complexity index is 1610. The quantitative estimate of drug-likeness (QED) is 0.230. The van der Waals surface area contributed by atoms with Gasteiger partial charge in [0, 0.05) is 12.6 Å². The van der Waals surface area contributed by atoms with Gasteiger partial charge in [-0.05, 0) is 67.3 Å². The summed E-state index contributed by atoms with van der Waals surface area (Å²) >= 11 is 0. The molecule has 0 radical (unpaired) electrons. The standard InChI is InChI=1S/C34H41N5O6/c1-22(39-28-17-10-9-16-27(28)36-37-39)34(41)38(21-23-12-11-15-26(18-23)42-2)31(33(40)35-25-13-7-6-8-14-25)24-19-29(43-3)32(45-5)30(20-24)44-4/h9-12,15-20,22,25,31H,6-8,13-14,21H2,1-5H3,(H,35,40)/t22-,31+/m1/s1. The highest BCUT2D eigenvalue weighted by atomic mass is 16.5. The Morgan fingerprint density at radius 2 is 1.62 bits per heavy atom. The van der Waals surface area contributed by atoms with E-state index in [2.05, 4.69) is 15.6 Å². The maximum absolute atomic E-state index is 14.7. The highest BCUT2D eigenvalue weighted by Gasteiger charge is 2.37. The molecular weight excluding hydrogens is 574 g/mol. The van der Waals surface area contributed by atoms with Gasteiger partial charge in [0.05, 0.1) is 34.0 Å². The summed E-state index contributed by atoms with van der Waals surface area (Å²) in [6, 6.07) is 16.6. The Morgan fingerprint density at radius 3 is 2.29 bits per heavy atom. The summed E-state index contributed by atoms with van der Waals surface area (Å²) in [7, 11) is 6.16. The van der Waals surface area contributed by atoms with E-state index in [1.54, 1.807) is 35.7 Å². The lowest BCUT2D eigenvalue weighted by Gasteiger charge is -2.35. The molecule has 11 heteroatoms. The van der Waals surface area contributed by atoms with E-state index < -0.39 is 12.1 Å². The van der Waals surface area contributed by atoms with E-state index >= 15 is 0 Å². The molecule has 2 amide bonds. The lowest BCUT2D eigenvalue weighted by Crippen LogP contribution is -2.48. The second-order valence-electron chi connectivity index (χ2n) is 11.2. The molecule has 1 aliphatic rings. The van der Waals surface area contributed by atoms with Crippen LogP contribution in [0.15, 0.2) is 60.7 Å². The molecule has 0 saturated heterocycles. The van der Waals surface area contributed by atoms with Crippen molar-refractivity contribution in [1.82, 2.24) is 25.2 Å². The number of carbonyl (C=O) groups excluding carboxylic acids is 2. The van der Waals surface area contributed by atoms with Crippen LogP contribution in [-0.2, 0) is 16.1 Å². The second-order valence-corrected chi connectivity index (χ2v) is 11.2. The first-order valence-corrected chi connectivity index (χ1v) is 15.2. The maximum atomic E-state index is 14.7. The van der Waals surface area contributed by atoms with Gasteiger partial charge in [0.25, 0.3) is 0 Å². The van der Waals surface area contributed by atoms with Crippen LogP contribution in [0.2, 0.25) is 0 Å². The van der Waals surface area contributed by atoms with Crippen LogP contribution in [0.4, 0.5) is 0 Å². The number of rotatable bonds is 12. The van der Waals surface area contributed by atoms with E-state index in [-0.39, 0.29) is 24.4 Å². The average molecular weight is 616 g/mol. The molecule has 0 aliphatic heterocycles. The smallest absolute Gasteiger partial charge is 0.248 e. The topological polar surface area (TPSA) is 117 Å². The summed E-state index contributed by atoms with van der Waals surface area (Å²) in [5, 5.41) is 11.9. The summed E-state index contributed by atoms with van der Waals surface area (Å²) < 4.78 is 24.0. The van der Waals surface area contributed by atoms with Gasteiger partial charge in [-0.3, -0.25) is 9.59 Å². The lowest BCUT2D eigenvalue weighted by molar-refractivity contribution is -0.144. The first-order chi connectivity index (χ1) is 21.9. The molecule has 1 N–H and O–H groups in total. The number of amides is 2. The van der Waals surface area contributed by atoms with E-state index in [4.69, 9.17) is 18.9 Å². The fourth-order valence-electron chi connectivity index (χ4n) is 6.04. The Balaban J connectivity index is 1.65. The van der Waals surface area contributed by atoms with E-state index in [0.717, 1.165) is 43.2 Å².